The van der Waals surface area contributed by atoms with Gasteiger partial charge in [0.1, 0.15) is 0 Å². The lowest BCUT2D eigenvalue weighted by Crippen LogP contribution is -2.19. The van der Waals surface area contributed by atoms with Gasteiger partial charge in [0, 0.05) is 17.3 Å². The summed E-state index contributed by atoms with van der Waals surface area (Å²) in [5.74, 6) is -0.0766. The fraction of sp³-hybridized carbons (Fsp3) is 0.278. The minimum absolute atomic E-state index is 0.00843. The van der Waals surface area contributed by atoms with E-state index in [-0.39, 0.29) is 11.9 Å². The highest BCUT2D eigenvalue weighted by Crippen LogP contribution is 2.22. The van der Waals surface area contributed by atoms with Crippen LogP contribution in [0.1, 0.15) is 40.0 Å². The number of rotatable bonds is 3. The zero-order valence-corrected chi connectivity index (χ0v) is 12.6. The monoisotopic (exact) mass is 296 g/mol. The summed E-state index contributed by atoms with van der Waals surface area (Å²) in [5, 5.41) is 2.95. The number of benzene rings is 2. The van der Waals surface area contributed by atoms with Crippen molar-refractivity contribution in [1.82, 2.24) is 0 Å². The number of hydrogen-bond acceptors (Lipinski definition) is 3. The molecule has 114 valence electrons. The van der Waals surface area contributed by atoms with Gasteiger partial charge in [0.2, 0.25) is 0 Å². The van der Waals surface area contributed by atoms with Crippen molar-refractivity contribution in [3.05, 3.63) is 64.7 Å². The molecule has 1 aliphatic heterocycles. The molecule has 1 aliphatic rings. The molecule has 3 N–H and O–H groups in total. The highest BCUT2D eigenvalue weighted by molar-refractivity contribution is 6.05. The van der Waals surface area contributed by atoms with E-state index in [0.29, 0.717) is 13.2 Å². The Morgan fingerprint density at radius 2 is 2.00 bits per heavy atom. The van der Waals surface area contributed by atoms with Gasteiger partial charge in [-0.15, -0.1) is 0 Å². The van der Waals surface area contributed by atoms with E-state index in [1.807, 2.05) is 49.4 Å². The predicted octanol–water partition coefficient (Wildman–Crippen LogP) is 3.03. The van der Waals surface area contributed by atoms with Crippen molar-refractivity contribution in [2.75, 3.05) is 11.9 Å². The van der Waals surface area contributed by atoms with Crippen LogP contribution in [0.15, 0.2) is 42.5 Å². The van der Waals surface area contributed by atoms with Gasteiger partial charge in [0.15, 0.2) is 0 Å². The van der Waals surface area contributed by atoms with Gasteiger partial charge >= 0.3 is 0 Å². The van der Waals surface area contributed by atoms with Crippen LogP contribution in [0.5, 0.6) is 0 Å². The normalized spacial score (nSPS) is 15.0. The Balaban J connectivity index is 1.80. The highest BCUT2D eigenvalue weighted by Gasteiger charge is 2.17. The first-order valence-corrected chi connectivity index (χ1v) is 7.50. The second-order valence-electron chi connectivity index (χ2n) is 5.61. The van der Waals surface area contributed by atoms with Crippen LogP contribution in [0, 0.1) is 0 Å². The smallest absolute Gasteiger partial charge is 0.255 e. The molecular weight excluding hydrogens is 276 g/mol. The first-order chi connectivity index (χ1) is 10.6. The van der Waals surface area contributed by atoms with E-state index in [4.69, 9.17) is 10.5 Å². The topological polar surface area (TPSA) is 64.3 Å². The zero-order valence-electron chi connectivity index (χ0n) is 12.6. The second-order valence-corrected chi connectivity index (χ2v) is 5.61. The molecule has 3 rings (SSSR count). The molecule has 0 aromatic heterocycles. The molecule has 0 aliphatic carbocycles. The average molecular weight is 296 g/mol. The van der Waals surface area contributed by atoms with E-state index in [2.05, 4.69) is 5.32 Å². The van der Waals surface area contributed by atoms with E-state index in [9.17, 15) is 4.79 Å². The molecule has 4 heteroatoms. The summed E-state index contributed by atoms with van der Waals surface area (Å²) in [6.07, 6.45) is 0.780. The van der Waals surface area contributed by atoms with Crippen LogP contribution in [-0.4, -0.2) is 12.5 Å². The van der Waals surface area contributed by atoms with Gasteiger partial charge in [-0.2, -0.15) is 0 Å². The number of fused-ring (bicyclic) bond motifs is 1. The number of hydrogen-bond donors (Lipinski definition) is 2. The molecule has 22 heavy (non-hydrogen) atoms. The zero-order chi connectivity index (χ0) is 15.5. The number of nitrogens with one attached hydrogen (secondary N) is 1. The minimum atomic E-state index is -0.0766. The summed E-state index contributed by atoms with van der Waals surface area (Å²) < 4.78 is 5.44. The molecule has 1 atom stereocenters. The van der Waals surface area contributed by atoms with Crippen molar-refractivity contribution < 1.29 is 9.53 Å². The van der Waals surface area contributed by atoms with E-state index >= 15 is 0 Å². The molecule has 2 aromatic rings. The molecule has 1 amide bonds. The lowest BCUT2D eigenvalue weighted by Gasteiger charge is -2.19. The number of carbonyl (C=O) groups is 1. The van der Waals surface area contributed by atoms with Crippen LogP contribution in [0.4, 0.5) is 5.69 Å². The Hall–Kier alpha value is -2.17. The van der Waals surface area contributed by atoms with Gasteiger partial charge in [-0.05, 0) is 48.2 Å². The molecular formula is C18H20N2O2. The van der Waals surface area contributed by atoms with Gasteiger partial charge in [-0.3, -0.25) is 4.79 Å². The fourth-order valence-corrected chi connectivity index (χ4v) is 2.70. The number of ether oxygens (including phenoxy) is 1. The summed E-state index contributed by atoms with van der Waals surface area (Å²) in [6, 6.07) is 13.4. The predicted molar refractivity (Wildman–Crippen MR) is 86.8 cm³/mol. The van der Waals surface area contributed by atoms with Crippen molar-refractivity contribution in [2.24, 2.45) is 5.73 Å². The highest BCUT2D eigenvalue weighted by atomic mass is 16.5. The third kappa shape index (κ3) is 3.03. The summed E-state index contributed by atoms with van der Waals surface area (Å²) in [5.41, 5.74) is 10.6. The molecule has 0 radical (unpaired) electrons. The standard InChI is InChI=1S/C18H20N2O2/c1-12(19)13-5-7-15(8-6-13)20-18(21)17-4-2-3-14-11-22-10-9-16(14)17/h2-8,12H,9-11,19H2,1H3,(H,20,21). The van der Waals surface area contributed by atoms with Crippen LogP contribution >= 0.6 is 0 Å². The lowest BCUT2D eigenvalue weighted by atomic mass is 9.96. The lowest BCUT2D eigenvalue weighted by molar-refractivity contribution is 0.100. The summed E-state index contributed by atoms with van der Waals surface area (Å²) in [4.78, 5) is 12.5. The van der Waals surface area contributed by atoms with Crippen molar-refractivity contribution >= 4 is 11.6 Å². The van der Waals surface area contributed by atoms with Crippen molar-refractivity contribution in [2.45, 2.75) is 26.0 Å². The quantitative estimate of drug-likeness (QED) is 0.915. The SMILES string of the molecule is CC(N)c1ccc(NC(=O)c2cccc3c2CCOC3)cc1. The maximum Gasteiger partial charge on any atom is 0.255 e. The average Bonchev–Trinajstić information content (AvgIpc) is 2.54. The van der Waals surface area contributed by atoms with Crippen LogP contribution in [0.3, 0.4) is 0 Å². The number of amides is 1. The van der Waals surface area contributed by atoms with Gasteiger partial charge in [-0.1, -0.05) is 24.3 Å². The van der Waals surface area contributed by atoms with Crippen molar-refractivity contribution in [3.63, 3.8) is 0 Å². The molecule has 1 heterocycles. The number of carbonyl (C=O) groups excluding carboxylic acids is 1. The van der Waals surface area contributed by atoms with E-state index < -0.39 is 0 Å². The van der Waals surface area contributed by atoms with Gasteiger partial charge in [0.25, 0.3) is 5.91 Å². The summed E-state index contributed by atoms with van der Waals surface area (Å²) in [6.45, 7) is 3.19. The van der Waals surface area contributed by atoms with Gasteiger partial charge in [-0.25, -0.2) is 0 Å². The minimum Gasteiger partial charge on any atom is -0.376 e. The Morgan fingerprint density at radius 1 is 1.23 bits per heavy atom. The Kier molecular flexibility index (Phi) is 4.22. The van der Waals surface area contributed by atoms with Crippen LogP contribution in [-0.2, 0) is 17.8 Å². The summed E-state index contributed by atoms with van der Waals surface area (Å²) in [7, 11) is 0. The largest absolute Gasteiger partial charge is 0.376 e. The van der Waals surface area contributed by atoms with Crippen LogP contribution in [0.2, 0.25) is 0 Å². The third-order valence-corrected chi connectivity index (χ3v) is 3.97. The number of nitrogens with two attached hydrogens (primary N) is 1. The molecule has 0 saturated carbocycles. The Bertz CT molecular complexity index is 678. The first-order valence-electron chi connectivity index (χ1n) is 7.50. The Labute approximate surface area is 130 Å². The molecule has 0 bridgehead atoms. The maximum absolute atomic E-state index is 12.5. The fourth-order valence-electron chi connectivity index (χ4n) is 2.70. The molecule has 0 spiro atoms. The maximum atomic E-state index is 12.5. The molecule has 4 nitrogen and oxygen atoms in total. The molecule has 1 unspecified atom stereocenters. The Morgan fingerprint density at radius 3 is 2.73 bits per heavy atom. The van der Waals surface area contributed by atoms with E-state index in [0.717, 1.165) is 34.4 Å². The molecule has 2 aromatic carbocycles. The number of anilines is 1. The second kappa shape index (κ2) is 6.30. The van der Waals surface area contributed by atoms with Gasteiger partial charge < -0.3 is 15.8 Å². The van der Waals surface area contributed by atoms with Crippen molar-refractivity contribution in [3.8, 4) is 0 Å². The van der Waals surface area contributed by atoms with E-state index in [1.54, 1.807) is 0 Å². The summed E-state index contributed by atoms with van der Waals surface area (Å²) >= 11 is 0. The first kappa shape index (κ1) is 14.8. The molecule has 0 fully saturated rings. The molecule has 0 saturated heterocycles. The van der Waals surface area contributed by atoms with Crippen LogP contribution < -0.4 is 11.1 Å². The van der Waals surface area contributed by atoms with Crippen LogP contribution in [0.25, 0.3) is 0 Å². The third-order valence-electron chi connectivity index (χ3n) is 3.97. The van der Waals surface area contributed by atoms with Crippen molar-refractivity contribution in [1.29, 1.82) is 0 Å². The van der Waals surface area contributed by atoms with E-state index in [1.165, 1.54) is 0 Å². The van der Waals surface area contributed by atoms with Gasteiger partial charge in [0.05, 0.1) is 13.2 Å².